The molecule has 0 unspecified atom stereocenters. The summed E-state index contributed by atoms with van der Waals surface area (Å²) in [5.41, 5.74) is 0. The van der Waals surface area contributed by atoms with Gasteiger partial charge in [-0.05, 0) is 12.2 Å². The van der Waals surface area contributed by atoms with Crippen LogP contribution in [-0.4, -0.2) is 5.05 Å². The van der Waals surface area contributed by atoms with E-state index in [1.807, 2.05) is 13.8 Å². The van der Waals surface area contributed by atoms with Gasteiger partial charge in [-0.2, -0.15) is 0 Å². The van der Waals surface area contributed by atoms with Gasteiger partial charge in [-0.1, -0.05) is 13.8 Å². The maximum Gasteiger partial charge on any atom is 0.169 e. The maximum absolute atomic E-state index is 5.36. The minimum atomic E-state index is 0.603. The molecule has 0 saturated heterocycles. The highest BCUT2D eigenvalue weighted by Gasteiger charge is 2.06. The molecule has 0 aliphatic rings. The Labute approximate surface area is 77.5 Å². The molecule has 1 aromatic heterocycles. The maximum atomic E-state index is 5.36. The summed E-state index contributed by atoms with van der Waals surface area (Å²) in [6.07, 6.45) is 3.20. The lowest BCUT2D eigenvalue weighted by atomic mass is 10.3. The van der Waals surface area contributed by atoms with Crippen LogP contribution in [0.3, 0.4) is 0 Å². The Bertz CT molecular complexity index is 265. The third-order valence-corrected chi connectivity index (χ3v) is 1.91. The third kappa shape index (κ3) is 2.08. The molecule has 3 heteroatoms. The average Bonchev–Trinajstić information content (AvgIpc) is 2.51. The van der Waals surface area contributed by atoms with E-state index in [1.54, 1.807) is 12.3 Å². The summed E-state index contributed by atoms with van der Waals surface area (Å²) in [5.74, 6) is 1.61. The van der Waals surface area contributed by atoms with Crippen molar-refractivity contribution >= 4 is 17.3 Å². The fourth-order valence-electron chi connectivity index (χ4n) is 0.872. The molecular formula is C9H12O2S. The second-order valence-corrected chi connectivity index (χ2v) is 2.84. The van der Waals surface area contributed by atoms with Crippen molar-refractivity contribution in [1.82, 2.24) is 0 Å². The number of thiocarbonyl (C=S) groups is 1. The Morgan fingerprint density at radius 1 is 1.58 bits per heavy atom. The molecule has 66 valence electrons. The van der Waals surface area contributed by atoms with Crippen LogP contribution in [-0.2, 0) is 6.42 Å². The predicted octanol–water partition coefficient (Wildman–Crippen LogP) is 2.96. The number of furan rings is 1. The van der Waals surface area contributed by atoms with Gasteiger partial charge < -0.3 is 9.15 Å². The summed E-state index contributed by atoms with van der Waals surface area (Å²) in [6, 6.07) is 1.79. The van der Waals surface area contributed by atoms with E-state index in [-0.39, 0.29) is 0 Å². The van der Waals surface area contributed by atoms with Crippen molar-refractivity contribution < 1.29 is 9.15 Å². The van der Waals surface area contributed by atoms with Crippen molar-refractivity contribution in [3.63, 3.8) is 0 Å². The van der Waals surface area contributed by atoms with Gasteiger partial charge in [0.15, 0.2) is 10.8 Å². The highest BCUT2D eigenvalue weighted by atomic mass is 32.1. The molecule has 0 N–H and O–H groups in total. The highest BCUT2D eigenvalue weighted by Crippen LogP contribution is 2.20. The van der Waals surface area contributed by atoms with E-state index in [0.717, 1.165) is 24.4 Å². The lowest BCUT2D eigenvalue weighted by Crippen LogP contribution is -2.03. The zero-order valence-corrected chi connectivity index (χ0v) is 8.11. The molecule has 2 nitrogen and oxygen atoms in total. The number of hydrogen-bond acceptors (Lipinski definition) is 3. The Hall–Kier alpha value is -0.830. The molecule has 0 aliphatic heterocycles. The minimum absolute atomic E-state index is 0.603. The van der Waals surface area contributed by atoms with Crippen molar-refractivity contribution in [3.05, 3.63) is 18.1 Å². The van der Waals surface area contributed by atoms with E-state index >= 15 is 0 Å². The molecular weight excluding hydrogens is 172 g/mol. The van der Waals surface area contributed by atoms with E-state index < -0.39 is 0 Å². The molecule has 1 rings (SSSR count). The summed E-state index contributed by atoms with van der Waals surface area (Å²) in [4.78, 5) is 0. The van der Waals surface area contributed by atoms with Gasteiger partial charge in [0, 0.05) is 18.9 Å². The Morgan fingerprint density at radius 2 is 2.33 bits per heavy atom. The second-order valence-electron chi connectivity index (χ2n) is 2.39. The molecule has 0 spiro atoms. The van der Waals surface area contributed by atoms with Gasteiger partial charge >= 0.3 is 0 Å². The molecule has 0 bridgehead atoms. The molecule has 0 aliphatic carbocycles. The zero-order chi connectivity index (χ0) is 8.97. The summed E-state index contributed by atoms with van der Waals surface area (Å²) in [6.45, 7) is 3.98. The van der Waals surface area contributed by atoms with Crippen molar-refractivity contribution in [2.45, 2.75) is 26.7 Å². The Kier molecular flexibility index (Phi) is 3.29. The standard InChI is InChI=1S/C9H12O2S/c1-3-7-8(5-6-10-7)11-9(12)4-2/h5-6H,3-4H2,1-2H3. The van der Waals surface area contributed by atoms with Crippen LogP contribution in [0.4, 0.5) is 0 Å². The van der Waals surface area contributed by atoms with E-state index in [2.05, 4.69) is 0 Å². The Balaban J connectivity index is 2.68. The fraction of sp³-hybridized carbons (Fsp3) is 0.444. The molecule has 0 fully saturated rings. The van der Waals surface area contributed by atoms with Gasteiger partial charge in [-0.15, -0.1) is 0 Å². The van der Waals surface area contributed by atoms with Gasteiger partial charge in [0.2, 0.25) is 0 Å². The van der Waals surface area contributed by atoms with Crippen LogP contribution in [0.2, 0.25) is 0 Å². The van der Waals surface area contributed by atoms with Crippen molar-refractivity contribution in [2.24, 2.45) is 0 Å². The first-order chi connectivity index (χ1) is 5.77. The molecule has 1 aromatic rings. The van der Waals surface area contributed by atoms with Crippen molar-refractivity contribution in [1.29, 1.82) is 0 Å². The van der Waals surface area contributed by atoms with E-state index in [1.165, 1.54) is 0 Å². The Morgan fingerprint density at radius 3 is 2.92 bits per heavy atom. The van der Waals surface area contributed by atoms with Gasteiger partial charge in [-0.25, -0.2) is 0 Å². The van der Waals surface area contributed by atoms with E-state index in [0.29, 0.717) is 5.05 Å². The number of aryl methyl sites for hydroxylation is 1. The third-order valence-electron chi connectivity index (χ3n) is 1.54. The molecule has 0 aromatic carbocycles. The predicted molar refractivity (Wildman–Crippen MR) is 51.6 cm³/mol. The number of ether oxygens (including phenoxy) is 1. The minimum Gasteiger partial charge on any atom is -0.465 e. The van der Waals surface area contributed by atoms with Crippen LogP contribution in [0, 0.1) is 0 Å². The van der Waals surface area contributed by atoms with Crippen LogP contribution in [0.5, 0.6) is 5.75 Å². The monoisotopic (exact) mass is 184 g/mol. The zero-order valence-electron chi connectivity index (χ0n) is 7.29. The first-order valence-electron chi connectivity index (χ1n) is 4.05. The molecule has 12 heavy (non-hydrogen) atoms. The first kappa shape index (κ1) is 9.26. The van der Waals surface area contributed by atoms with Crippen molar-refractivity contribution in [3.8, 4) is 5.75 Å². The summed E-state index contributed by atoms with van der Waals surface area (Å²) < 4.78 is 10.5. The largest absolute Gasteiger partial charge is 0.465 e. The second kappa shape index (κ2) is 4.26. The van der Waals surface area contributed by atoms with E-state index in [9.17, 15) is 0 Å². The van der Waals surface area contributed by atoms with Gasteiger partial charge in [0.05, 0.1) is 6.26 Å². The molecule has 0 amide bonds. The van der Waals surface area contributed by atoms with Crippen molar-refractivity contribution in [2.75, 3.05) is 0 Å². The lowest BCUT2D eigenvalue weighted by Gasteiger charge is -2.02. The quantitative estimate of drug-likeness (QED) is 0.674. The lowest BCUT2D eigenvalue weighted by molar-refractivity contribution is 0.475. The smallest absolute Gasteiger partial charge is 0.169 e. The first-order valence-corrected chi connectivity index (χ1v) is 4.45. The van der Waals surface area contributed by atoms with Gasteiger partial charge in [-0.3, -0.25) is 0 Å². The highest BCUT2D eigenvalue weighted by molar-refractivity contribution is 7.80. The van der Waals surface area contributed by atoms with Crippen LogP contribution < -0.4 is 4.74 Å². The molecule has 1 heterocycles. The average molecular weight is 184 g/mol. The molecule has 0 saturated carbocycles. The topological polar surface area (TPSA) is 22.4 Å². The van der Waals surface area contributed by atoms with Crippen LogP contribution in [0.1, 0.15) is 26.0 Å². The summed E-state index contributed by atoms with van der Waals surface area (Å²) in [7, 11) is 0. The van der Waals surface area contributed by atoms with Crippen LogP contribution in [0.25, 0.3) is 0 Å². The normalized spacial score (nSPS) is 9.83. The SMILES string of the molecule is CCC(=S)Oc1ccoc1CC. The van der Waals surface area contributed by atoms with Crippen LogP contribution >= 0.6 is 12.2 Å². The van der Waals surface area contributed by atoms with Crippen LogP contribution in [0.15, 0.2) is 16.7 Å². The number of hydrogen-bond donors (Lipinski definition) is 0. The summed E-state index contributed by atoms with van der Waals surface area (Å²) >= 11 is 4.95. The molecule has 0 atom stereocenters. The van der Waals surface area contributed by atoms with Gasteiger partial charge in [0.1, 0.15) is 5.76 Å². The number of rotatable bonds is 3. The molecule has 0 radical (unpaired) electrons. The van der Waals surface area contributed by atoms with E-state index in [4.69, 9.17) is 21.4 Å². The summed E-state index contributed by atoms with van der Waals surface area (Å²) in [5, 5.41) is 0.603. The van der Waals surface area contributed by atoms with Gasteiger partial charge in [0.25, 0.3) is 0 Å². The fourth-order valence-corrected chi connectivity index (χ4v) is 0.962.